The molecule has 4 heteroatoms. The first-order chi connectivity index (χ1) is 11.9. The van der Waals surface area contributed by atoms with E-state index in [4.69, 9.17) is 4.98 Å². The number of phenols is 1. The van der Waals surface area contributed by atoms with E-state index in [1.165, 1.54) is 10.3 Å². The topological polar surface area (TPSA) is 36.4 Å². The van der Waals surface area contributed by atoms with Gasteiger partial charge in [-0.2, -0.15) is 0 Å². The molecule has 0 amide bonds. The lowest BCUT2D eigenvalue weighted by Gasteiger charge is -2.24. The molecular weight excluding hydrogens is 328 g/mol. The molecule has 3 nitrogen and oxygen atoms in total. The van der Waals surface area contributed by atoms with Crippen LogP contribution in [0.5, 0.6) is 5.75 Å². The minimum absolute atomic E-state index is 0.195. The molecule has 1 N–H and O–H groups in total. The van der Waals surface area contributed by atoms with E-state index >= 15 is 0 Å². The number of benzene rings is 2. The van der Waals surface area contributed by atoms with Crippen molar-refractivity contribution in [3.8, 4) is 5.75 Å². The van der Waals surface area contributed by atoms with E-state index in [0.29, 0.717) is 18.2 Å². The van der Waals surface area contributed by atoms with E-state index < -0.39 is 0 Å². The lowest BCUT2D eigenvalue weighted by molar-refractivity contribution is 0.249. The third kappa shape index (κ3) is 3.70. The van der Waals surface area contributed by atoms with Gasteiger partial charge in [-0.05, 0) is 56.1 Å². The van der Waals surface area contributed by atoms with Gasteiger partial charge in [0, 0.05) is 12.1 Å². The fourth-order valence-corrected chi connectivity index (χ4v) is 4.25. The molecule has 132 valence electrons. The van der Waals surface area contributed by atoms with Crippen molar-refractivity contribution in [2.75, 3.05) is 7.05 Å². The molecule has 2 aromatic carbocycles. The van der Waals surface area contributed by atoms with E-state index in [1.807, 2.05) is 12.1 Å². The Morgan fingerprint density at radius 2 is 1.88 bits per heavy atom. The predicted octanol–water partition coefficient (Wildman–Crippen LogP) is 5.63. The van der Waals surface area contributed by atoms with Gasteiger partial charge < -0.3 is 5.11 Å². The maximum Gasteiger partial charge on any atom is 0.120 e. The van der Waals surface area contributed by atoms with Crippen LogP contribution in [0.1, 0.15) is 54.4 Å². The van der Waals surface area contributed by atoms with Gasteiger partial charge in [0.25, 0.3) is 0 Å². The van der Waals surface area contributed by atoms with Gasteiger partial charge in [0.15, 0.2) is 0 Å². The summed E-state index contributed by atoms with van der Waals surface area (Å²) in [5, 5.41) is 11.5. The van der Waals surface area contributed by atoms with Gasteiger partial charge in [0.2, 0.25) is 0 Å². The molecule has 0 aliphatic heterocycles. The fraction of sp³-hybridized carbons (Fsp3) is 0.381. The summed E-state index contributed by atoms with van der Waals surface area (Å²) in [7, 11) is 2.09. The Morgan fingerprint density at radius 3 is 2.56 bits per heavy atom. The van der Waals surface area contributed by atoms with Gasteiger partial charge in [0.1, 0.15) is 10.8 Å². The number of rotatable bonds is 5. The highest BCUT2D eigenvalue weighted by Gasteiger charge is 2.18. The summed E-state index contributed by atoms with van der Waals surface area (Å²) in [6.07, 6.45) is 0. The highest BCUT2D eigenvalue weighted by molar-refractivity contribution is 7.18. The normalized spacial score (nSPS) is 13.1. The van der Waals surface area contributed by atoms with Gasteiger partial charge in [0.05, 0.1) is 16.3 Å². The number of phenolic OH excluding ortho intramolecular Hbond substituents is 1. The number of aryl methyl sites for hydroxylation is 1. The molecule has 3 rings (SSSR count). The van der Waals surface area contributed by atoms with Gasteiger partial charge in [-0.1, -0.05) is 32.0 Å². The maximum absolute atomic E-state index is 10.4. The van der Waals surface area contributed by atoms with Crippen molar-refractivity contribution in [1.82, 2.24) is 9.88 Å². The summed E-state index contributed by atoms with van der Waals surface area (Å²) in [5.74, 6) is 0.830. The summed E-state index contributed by atoms with van der Waals surface area (Å²) < 4.78 is 1.22. The minimum Gasteiger partial charge on any atom is -0.508 e. The van der Waals surface area contributed by atoms with E-state index in [2.05, 4.69) is 63.9 Å². The molecule has 0 saturated heterocycles. The lowest BCUT2D eigenvalue weighted by atomic mass is 9.95. The van der Waals surface area contributed by atoms with Crippen LogP contribution in [-0.2, 0) is 6.54 Å². The van der Waals surface area contributed by atoms with Crippen LogP contribution in [0.4, 0.5) is 0 Å². The van der Waals surface area contributed by atoms with Crippen LogP contribution < -0.4 is 0 Å². The van der Waals surface area contributed by atoms with E-state index in [-0.39, 0.29) is 6.04 Å². The summed E-state index contributed by atoms with van der Waals surface area (Å²) >= 11 is 1.74. The lowest BCUT2D eigenvalue weighted by Crippen LogP contribution is -2.22. The molecule has 0 radical (unpaired) electrons. The molecule has 1 heterocycles. The van der Waals surface area contributed by atoms with Crippen LogP contribution in [0.2, 0.25) is 0 Å². The Kier molecular flexibility index (Phi) is 5.11. The van der Waals surface area contributed by atoms with Gasteiger partial charge in [-0.15, -0.1) is 11.3 Å². The molecule has 1 unspecified atom stereocenters. The second kappa shape index (κ2) is 7.14. The molecular formula is C21H26N2OS. The number of para-hydroxylation sites is 1. The molecule has 0 bridgehead atoms. The summed E-state index contributed by atoms with van der Waals surface area (Å²) in [6.45, 7) is 9.31. The van der Waals surface area contributed by atoms with Crippen molar-refractivity contribution in [3.05, 3.63) is 58.1 Å². The zero-order chi connectivity index (χ0) is 18.1. The van der Waals surface area contributed by atoms with Gasteiger partial charge in [-0.25, -0.2) is 4.98 Å². The highest BCUT2D eigenvalue weighted by Crippen LogP contribution is 2.32. The molecule has 0 saturated carbocycles. The standard InChI is InChI=1S/C21H26N2OS/c1-13(2)17-11-16(19(24)10-14(17)3)12-23(5)15(4)21-22-18-8-6-7-9-20(18)25-21/h6-11,13,15,24H,12H2,1-5H3. The Labute approximate surface area is 154 Å². The smallest absolute Gasteiger partial charge is 0.120 e. The van der Waals surface area contributed by atoms with Crippen LogP contribution in [0.15, 0.2) is 36.4 Å². The first-order valence-corrected chi connectivity index (χ1v) is 9.56. The molecule has 0 aliphatic carbocycles. The predicted molar refractivity (Wildman–Crippen MR) is 106 cm³/mol. The fourth-order valence-electron chi connectivity index (χ4n) is 3.17. The average molecular weight is 355 g/mol. The molecule has 0 aliphatic rings. The Bertz CT molecular complexity index is 852. The first kappa shape index (κ1) is 17.9. The zero-order valence-corrected chi connectivity index (χ0v) is 16.4. The Balaban J connectivity index is 1.83. The number of fused-ring (bicyclic) bond motifs is 1. The van der Waals surface area contributed by atoms with Crippen LogP contribution in [0.3, 0.4) is 0 Å². The largest absolute Gasteiger partial charge is 0.508 e. The first-order valence-electron chi connectivity index (χ1n) is 8.75. The Hall–Kier alpha value is -1.91. The van der Waals surface area contributed by atoms with Crippen molar-refractivity contribution in [2.24, 2.45) is 0 Å². The summed E-state index contributed by atoms with van der Waals surface area (Å²) in [4.78, 5) is 7.01. The number of nitrogens with zero attached hydrogens (tertiary/aromatic N) is 2. The molecule has 0 fully saturated rings. The second-order valence-electron chi connectivity index (χ2n) is 7.10. The molecule has 1 atom stereocenters. The summed E-state index contributed by atoms with van der Waals surface area (Å²) in [6, 6.07) is 12.5. The van der Waals surface area contributed by atoms with Crippen LogP contribution in [0.25, 0.3) is 10.2 Å². The molecule has 3 aromatic rings. The van der Waals surface area contributed by atoms with Crippen molar-refractivity contribution < 1.29 is 5.11 Å². The Morgan fingerprint density at radius 1 is 1.16 bits per heavy atom. The number of hydrogen-bond donors (Lipinski definition) is 1. The number of aromatic nitrogens is 1. The monoisotopic (exact) mass is 354 g/mol. The minimum atomic E-state index is 0.195. The molecule has 1 aromatic heterocycles. The van der Waals surface area contributed by atoms with Crippen molar-refractivity contribution >= 4 is 21.6 Å². The van der Waals surface area contributed by atoms with Crippen LogP contribution in [-0.4, -0.2) is 22.0 Å². The number of hydrogen-bond acceptors (Lipinski definition) is 4. The SMILES string of the molecule is Cc1cc(O)c(CN(C)C(C)c2nc3ccccc3s2)cc1C(C)C. The number of aromatic hydroxyl groups is 1. The van der Waals surface area contributed by atoms with Crippen molar-refractivity contribution in [1.29, 1.82) is 0 Å². The van der Waals surface area contributed by atoms with E-state index in [0.717, 1.165) is 21.7 Å². The average Bonchev–Trinajstić information content (AvgIpc) is 3.00. The highest BCUT2D eigenvalue weighted by atomic mass is 32.1. The third-order valence-corrected chi connectivity index (χ3v) is 6.04. The van der Waals surface area contributed by atoms with Gasteiger partial charge >= 0.3 is 0 Å². The maximum atomic E-state index is 10.4. The van der Waals surface area contributed by atoms with Crippen molar-refractivity contribution in [3.63, 3.8) is 0 Å². The van der Waals surface area contributed by atoms with E-state index in [9.17, 15) is 5.11 Å². The van der Waals surface area contributed by atoms with Crippen LogP contribution >= 0.6 is 11.3 Å². The quantitative estimate of drug-likeness (QED) is 0.645. The van der Waals surface area contributed by atoms with E-state index in [1.54, 1.807) is 11.3 Å². The summed E-state index contributed by atoms with van der Waals surface area (Å²) in [5.41, 5.74) is 4.49. The third-order valence-electron chi connectivity index (χ3n) is 4.84. The zero-order valence-electron chi connectivity index (χ0n) is 15.6. The van der Waals surface area contributed by atoms with Crippen LogP contribution in [0, 0.1) is 6.92 Å². The number of thiazole rings is 1. The molecule has 25 heavy (non-hydrogen) atoms. The molecule has 0 spiro atoms. The van der Waals surface area contributed by atoms with Gasteiger partial charge in [-0.3, -0.25) is 4.90 Å². The van der Waals surface area contributed by atoms with Crippen molar-refractivity contribution in [2.45, 2.75) is 46.2 Å². The second-order valence-corrected chi connectivity index (χ2v) is 8.17.